The number of nitrogens with one attached hydrogen (secondary N) is 3. The molecular formula is C27H35N7O. The Bertz CT molecular complexity index is 1080. The molecule has 4 rings (SSSR count). The number of nitrogens with zero attached hydrogens (tertiary/aromatic N) is 4. The first-order valence-electron chi connectivity index (χ1n) is 12.6. The Balaban J connectivity index is 1.54. The Hall–Kier alpha value is -3.57. The summed E-state index contributed by atoms with van der Waals surface area (Å²) in [7, 11) is 0. The Morgan fingerprint density at radius 1 is 1.17 bits per heavy atom. The molecule has 1 aromatic carbocycles. The molecule has 0 atom stereocenters. The minimum Gasteiger partial charge on any atom is -0.384 e. The molecule has 2 aromatic rings. The standard InChI is InChI=1S/C27H35N7O/c1-3-27(35)32-25-15-22(34-13-11-33(4-2)12-14-34)9-10-23(25)31-26-16-24(21(17-28)19-30-26)29-18-20-7-5-6-8-20/h3,9-10,15-16,19-20H,1,4-8,11-14,18H2,2H3,(H,32,35)(H2,29,30,31). The number of hydrogen-bond donors (Lipinski definition) is 3. The lowest BCUT2D eigenvalue weighted by atomic mass is 10.1. The van der Waals surface area contributed by atoms with Crippen molar-refractivity contribution in [1.29, 1.82) is 5.26 Å². The Morgan fingerprint density at radius 3 is 2.63 bits per heavy atom. The van der Waals surface area contributed by atoms with Crippen LogP contribution in [0.15, 0.2) is 43.1 Å². The molecule has 184 valence electrons. The van der Waals surface area contributed by atoms with E-state index in [0.717, 1.165) is 56.3 Å². The highest BCUT2D eigenvalue weighted by Gasteiger charge is 2.18. The van der Waals surface area contributed by atoms with E-state index in [1.165, 1.54) is 31.8 Å². The Kier molecular flexibility index (Phi) is 8.22. The molecule has 3 N–H and O–H groups in total. The van der Waals surface area contributed by atoms with Gasteiger partial charge in [-0.1, -0.05) is 26.3 Å². The van der Waals surface area contributed by atoms with E-state index in [9.17, 15) is 10.1 Å². The normalized spacial score (nSPS) is 16.5. The van der Waals surface area contributed by atoms with Gasteiger partial charge in [0.2, 0.25) is 5.91 Å². The zero-order chi connectivity index (χ0) is 24.6. The number of pyridine rings is 1. The first kappa shape index (κ1) is 24.6. The van der Waals surface area contributed by atoms with Gasteiger partial charge in [0, 0.05) is 50.7 Å². The lowest BCUT2D eigenvalue weighted by Gasteiger charge is -2.35. The van der Waals surface area contributed by atoms with Crippen molar-refractivity contribution in [2.24, 2.45) is 5.92 Å². The van der Waals surface area contributed by atoms with Crippen LogP contribution in [-0.4, -0.2) is 55.1 Å². The first-order chi connectivity index (χ1) is 17.1. The van der Waals surface area contributed by atoms with E-state index in [1.54, 1.807) is 6.20 Å². The number of benzene rings is 1. The molecular weight excluding hydrogens is 438 g/mol. The molecule has 1 saturated heterocycles. The van der Waals surface area contributed by atoms with Crippen LogP contribution in [0.4, 0.5) is 28.6 Å². The summed E-state index contributed by atoms with van der Waals surface area (Å²) < 4.78 is 0. The average molecular weight is 474 g/mol. The molecule has 0 spiro atoms. The summed E-state index contributed by atoms with van der Waals surface area (Å²) in [6, 6.07) is 10.1. The Labute approximate surface area is 208 Å². The van der Waals surface area contributed by atoms with Gasteiger partial charge in [-0.25, -0.2) is 4.98 Å². The second-order valence-electron chi connectivity index (χ2n) is 9.23. The van der Waals surface area contributed by atoms with E-state index in [2.05, 4.69) is 56.4 Å². The maximum Gasteiger partial charge on any atom is 0.247 e. The van der Waals surface area contributed by atoms with Gasteiger partial charge >= 0.3 is 0 Å². The maximum atomic E-state index is 12.2. The van der Waals surface area contributed by atoms with Crippen molar-refractivity contribution in [2.45, 2.75) is 32.6 Å². The average Bonchev–Trinajstić information content (AvgIpc) is 3.42. The number of hydrogen-bond acceptors (Lipinski definition) is 7. The molecule has 8 nitrogen and oxygen atoms in total. The largest absolute Gasteiger partial charge is 0.384 e. The number of amides is 1. The van der Waals surface area contributed by atoms with Crippen molar-refractivity contribution >= 4 is 34.5 Å². The summed E-state index contributed by atoms with van der Waals surface area (Å²) in [6.07, 6.45) is 7.88. The summed E-state index contributed by atoms with van der Waals surface area (Å²) in [5.74, 6) is 0.989. The molecule has 1 aliphatic heterocycles. The molecule has 0 bridgehead atoms. The van der Waals surface area contributed by atoms with Gasteiger partial charge in [-0.3, -0.25) is 4.79 Å². The fraction of sp³-hybridized carbons (Fsp3) is 0.444. The number of anilines is 5. The van der Waals surface area contributed by atoms with Gasteiger partial charge in [0.1, 0.15) is 11.9 Å². The molecule has 1 aliphatic carbocycles. The highest BCUT2D eigenvalue weighted by molar-refractivity contribution is 6.02. The van der Waals surface area contributed by atoms with Crippen molar-refractivity contribution in [3.8, 4) is 6.07 Å². The van der Waals surface area contributed by atoms with Crippen LogP contribution in [0.25, 0.3) is 0 Å². The van der Waals surface area contributed by atoms with E-state index in [1.807, 2.05) is 18.2 Å². The van der Waals surface area contributed by atoms with Gasteiger partial charge in [-0.15, -0.1) is 0 Å². The van der Waals surface area contributed by atoms with Crippen LogP contribution in [0.2, 0.25) is 0 Å². The van der Waals surface area contributed by atoms with Crippen molar-refractivity contribution in [3.05, 3.63) is 48.7 Å². The summed E-state index contributed by atoms with van der Waals surface area (Å²) >= 11 is 0. The van der Waals surface area contributed by atoms with Gasteiger partial charge in [-0.05, 0) is 49.6 Å². The van der Waals surface area contributed by atoms with E-state index in [-0.39, 0.29) is 5.91 Å². The summed E-state index contributed by atoms with van der Waals surface area (Å²) in [5.41, 5.74) is 3.76. The third-order valence-corrected chi connectivity index (χ3v) is 6.97. The smallest absolute Gasteiger partial charge is 0.247 e. The summed E-state index contributed by atoms with van der Waals surface area (Å²) in [6.45, 7) is 11.6. The molecule has 0 unspecified atom stereocenters. The van der Waals surface area contributed by atoms with E-state index < -0.39 is 0 Å². The molecule has 2 heterocycles. The molecule has 8 heteroatoms. The van der Waals surface area contributed by atoms with Crippen molar-refractivity contribution in [2.75, 3.05) is 60.1 Å². The van der Waals surface area contributed by atoms with Gasteiger partial charge < -0.3 is 25.8 Å². The number of nitriles is 1. The fourth-order valence-electron chi connectivity index (χ4n) is 4.81. The second kappa shape index (κ2) is 11.7. The number of carbonyl (C=O) groups is 1. The van der Waals surface area contributed by atoms with Gasteiger partial charge in [0.15, 0.2) is 0 Å². The molecule has 2 fully saturated rings. The van der Waals surface area contributed by atoms with E-state index in [0.29, 0.717) is 23.0 Å². The zero-order valence-corrected chi connectivity index (χ0v) is 20.5. The number of aromatic nitrogens is 1. The summed E-state index contributed by atoms with van der Waals surface area (Å²) in [4.78, 5) is 21.4. The van der Waals surface area contributed by atoms with Gasteiger partial charge in [0.25, 0.3) is 0 Å². The lowest BCUT2D eigenvalue weighted by Crippen LogP contribution is -2.46. The number of rotatable bonds is 9. The lowest BCUT2D eigenvalue weighted by molar-refractivity contribution is -0.111. The third kappa shape index (κ3) is 6.31. The quantitative estimate of drug-likeness (QED) is 0.459. The molecule has 1 saturated carbocycles. The minimum atomic E-state index is -0.271. The second-order valence-corrected chi connectivity index (χ2v) is 9.23. The zero-order valence-electron chi connectivity index (χ0n) is 20.5. The van der Waals surface area contributed by atoms with Crippen LogP contribution in [0.3, 0.4) is 0 Å². The number of likely N-dealkylation sites (N-methyl/N-ethyl adjacent to an activating group) is 1. The van der Waals surface area contributed by atoms with Crippen LogP contribution >= 0.6 is 0 Å². The van der Waals surface area contributed by atoms with Gasteiger partial charge in [-0.2, -0.15) is 5.26 Å². The van der Waals surface area contributed by atoms with Crippen LogP contribution in [-0.2, 0) is 4.79 Å². The van der Waals surface area contributed by atoms with Crippen LogP contribution in [0.1, 0.15) is 38.2 Å². The summed E-state index contributed by atoms with van der Waals surface area (Å²) in [5, 5.41) is 19.2. The predicted octanol–water partition coefficient (Wildman–Crippen LogP) is 4.57. The highest BCUT2D eigenvalue weighted by atomic mass is 16.1. The number of carbonyl (C=O) groups excluding carboxylic acids is 1. The number of piperazine rings is 1. The van der Waals surface area contributed by atoms with Gasteiger partial charge in [0.05, 0.1) is 22.6 Å². The third-order valence-electron chi connectivity index (χ3n) is 6.97. The van der Waals surface area contributed by atoms with Crippen molar-refractivity contribution in [3.63, 3.8) is 0 Å². The highest BCUT2D eigenvalue weighted by Crippen LogP contribution is 2.32. The monoisotopic (exact) mass is 473 g/mol. The molecule has 35 heavy (non-hydrogen) atoms. The predicted molar refractivity (Wildman–Crippen MR) is 142 cm³/mol. The van der Waals surface area contributed by atoms with E-state index >= 15 is 0 Å². The van der Waals surface area contributed by atoms with Crippen molar-refractivity contribution in [1.82, 2.24) is 9.88 Å². The Morgan fingerprint density at radius 2 is 1.94 bits per heavy atom. The minimum absolute atomic E-state index is 0.271. The molecule has 1 amide bonds. The maximum absolute atomic E-state index is 12.2. The SMILES string of the molecule is C=CC(=O)Nc1cc(N2CCN(CC)CC2)ccc1Nc1cc(NCC2CCCC2)c(C#N)cn1. The molecule has 2 aliphatic rings. The van der Waals surface area contributed by atoms with Crippen molar-refractivity contribution < 1.29 is 4.79 Å². The first-order valence-corrected chi connectivity index (χ1v) is 12.6. The fourth-order valence-corrected chi connectivity index (χ4v) is 4.81. The van der Waals surface area contributed by atoms with Crippen LogP contribution in [0, 0.1) is 17.2 Å². The topological polar surface area (TPSA) is 96.3 Å². The van der Waals surface area contributed by atoms with Crippen LogP contribution in [0.5, 0.6) is 0 Å². The van der Waals surface area contributed by atoms with Crippen LogP contribution < -0.4 is 20.9 Å². The van der Waals surface area contributed by atoms with E-state index in [4.69, 9.17) is 0 Å². The molecule has 0 radical (unpaired) electrons. The molecule has 1 aromatic heterocycles.